The van der Waals surface area contributed by atoms with Crippen molar-refractivity contribution in [1.82, 2.24) is 0 Å². The first-order valence-corrected chi connectivity index (χ1v) is 6.28. The maximum absolute atomic E-state index is 12.0. The molecule has 0 saturated heterocycles. The molecule has 0 aliphatic heterocycles. The van der Waals surface area contributed by atoms with Crippen LogP contribution in [0.5, 0.6) is 0 Å². The van der Waals surface area contributed by atoms with Gasteiger partial charge in [-0.25, -0.2) is 0 Å². The molecule has 0 radical (unpaired) electrons. The first-order valence-electron chi connectivity index (χ1n) is 5.34. The van der Waals surface area contributed by atoms with E-state index in [-0.39, 0.29) is 16.9 Å². The maximum Gasteiger partial charge on any atom is 0.237 e. The fourth-order valence-corrected chi connectivity index (χ4v) is 2.69. The first kappa shape index (κ1) is 10.9. The average molecular weight is 256 g/mol. The van der Waals surface area contributed by atoms with Crippen LogP contribution in [0.15, 0.2) is 41.1 Å². The Morgan fingerprint density at radius 1 is 0.944 bits per heavy atom. The Morgan fingerprint density at radius 2 is 1.67 bits per heavy atom. The number of hydrogen-bond donors (Lipinski definition) is 1. The molecular formula is C14H8O3S. The highest BCUT2D eigenvalue weighted by Gasteiger charge is 2.33. The number of carbonyl (C=O) groups excluding carboxylic acids is 2. The summed E-state index contributed by atoms with van der Waals surface area (Å²) in [6, 6.07) is 8.31. The van der Waals surface area contributed by atoms with E-state index >= 15 is 0 Å². The number of benzene rings is 1. The molecule has 0 spiro atoms. The predicted octanol–water partition coefficient (Wildman–Crippen LogP) is 2.94. The van der Waals surface area contributed by atoms with Gasteiger partial charge in [-0.3, -0.25) is 9.59 Å². The highest BCUT2D eigenvalue weighted by Crippen LogP contribution is 2.33. The lowest BCUT2D eigenvalue weighted by molar-refractivity contribution is -0.110. The van der Waals surface area contributed by atoms with Crippen molar-refractivity contribution in [3.63, 3.8) is 0 Å². The number of thiophene rings is 1. The molecule has 3 rings (SSSR count). The van der Waals surface area contributed by atoms with Gasteiger partial charge < -0.3 is 5.11 Å². The van der Waals surface area contributed by atoms with Gasteiger partial charge in [0.2, 0.25) is 11.6 Å². The largest absolute Gasteiger partial charge is 0.506 e. The van der Waals surface area contributed by atoms with Crippen LogP contribution in [-0.2, 0) is 4.79 Å². The van der Waals surface area contributed by atoms with Crippen molar-refractivity contribution in [2.45, 2.75) is 0 Å². The number of aliphatic hydroxyl groups is 1. The molecule has 0 amide bonds. The lowest BCUT2D eigenvalue weighted by Gasteiger charge is -2.16. The number of carbonyl (C=O) groups is 2. The standard InChI is InChI=1S/C14H8O3S/c15-12-9-3-1-2-4-10(9)13(16)14(17)11(12)8-5-6-18-7-8/h1-7,15H. The van der Waals surface area contributed by atoms with Crippen LogP contribution in [0.2, 0.25) is 0 Å². The van der Waals surface area contributed by atoms with Crippen LogP contribution in [0.4, 0.5) is 0 Å². The van der Waals surface area contributed by atoms with Crippen LogP contribution >= 0.6 is 11.3 Å². The Kier molecular flexibility index (Phi) is 2.38. The average Bonchev–Trinajstić information content (AvgIpc) is 2.90. The molecule has 1 heterocycles. The molecule has 4 heteroatoms. The zero-order valence-electron chi connectivity index (χ0n) is 9.21. The molecule has 0 saturated carbocycles. The summed E-state index contributed by atoms with van der Waals surface area (Å²) < 4.78 is 0. The highest BCUT2D eigenvalue weighted by atomic mass is 32.1. The minimum Gasteiger partial charge on any atom is -0.506 e. The summed E-state index contributed by atoms with van der Waals surface area (Å²) in [5.74, 6) is -1.33. The van der Waals surface area contributed by atoms with Gasteiger partial charge in [-0.05, 0) is 16.8 Å². The SMILES string of the molecule is O=C1C(=O)c2ccccc2C(O)=C1c1ccsc1. The van der Waals surface area contributed by atoms with Gasteiger partial charge in [-0.2, -0.15) is 11.3 Å². The quantitative estimate of drug-likeness (QED) is 0.798. The van der Waals surface area contributed by atoms with Crippen molar-refractivity contribution < 1.29 is 14.7 Å². The van der Waals surface area contributed by atoms with E-state index in [1.165, 1.54) is 11.3 Å². The molecule has 18 heavy (non-hydrogen) atoms. The van der Waals surface area contributed by atoms with Crippen molar-refractivity contribution in [2.24, 2.45) is 0 Å². The minimum absolute atomic E-state index is 0.0972. The third kappa shape index (κ3) is 1.43. The van der Waals surface area contributed by atoms with Crippen molar-refractivity contribution in [1.29, 1.82) is 0 Å². The van der Waals surface area contributed by atoms with Gasteiger partial charge in [0, 0.05) is 16.7 Å². The summed E-state index contributed by atoms with van der Waals surface area (Å²) >= 11 is 1.41. The van der Waals surface area contributed by atoms with E-state index in [9.17, 15) is 14.7 Å². The van der Waals surface area contributed by atoms with E-state index in [2.05, 4.69) is 0 Å². The Morgan fingerprint density at radius 3 is 2.33 bits per heavy atom. The summed E-state index contributed by atoms with van der Waals surface area (Å²) in [6.45, 7) is 0. The molecule has 2 aromatic rings. The first-order chi connectivity index (χ1) is 8.70. The Labute approximate surface area is 107 Å². The summed E-state index contributed by atoms with van der Waals surface area (Å²) in [7, 11) is 0. The molecule has 0 atom stereocenters. The minimum atomic E-state index is -0.649. The lowest BCUT2D eigenvalue weighted by atomic mass is 9.86. The van der Waals surface area contributed by atoms with Gasteiger partial charge in [-0.1, -0.05) is 24.3 Å². The summed E-state index contributed by atoms with van der Waals surface area (Å²) in [6.07, 6.45) is 0. The van der Waals surface area contributed by atoms with Crippen LogP contribution in [-0.4, -0.2) is 16.7 Å². The molecule has 1 N–H and O–H groups in total. The van der Waals surface area contributed by atoms with E-state index < -0.39 is 11.6 Å². The van der Waals surface area contributed by atoms with Crippen molar-refractivity contribution in [3.05, 3.63) is 57.8 Å². The van der Waals surface area contributed by atoms with Crippen LogP contribution in [0.3, 0.4) is 0 Å². The fourth-order valence-electron chi connectivity index (χ4n) is 2.04. The monoisotopic (exact) mass is 256 g/mol. The van der Waals surface area contributed by atoms with Gasteiger partial charge in [0.05, 0.1) is 5.57 Å². The number of ketones is 2. The third-order valence-electron chi connectivity index (χ3n) is 2.91. The van der Waals surface area contributed by atoms with Crippen LogP contribution < -0.4 is 0 Å². The maximum atomic E-state index is 12.0. The molecule has 1 aliphatic carbocycles. The number of allylic oxidation sites excluding steroid dienone is 1. The van der Waals surface area contributed by atoms with Crippen molar-refractivity contribution in [3.8, 4) is 0 Å². The number of hydrogen-bond acceptors (Lipinski definition) is 4. The van der Waals surface area contributed by atoms with Gasteiger partial charge in [0.15, 0.2) is 0 Å². The van der Waals surface area contributed by atoms with Gasteiger partial charge in [0.1, 0.15) is 5.76 Å². The van der Waals surface area contributed by atoms with Gasteiger partial charge in [-0.15, -0.1) is 0 Å². The fraction of sp³-hybridized carbons (Fsp3) is 0. The number of fused-ring (bicyclic) bond motifs is 1. The normalized spacial score (nSPS) is 14.9. The smallest absolute Gasteiger partial charge is 0.237 e. The molecule has 1 aliphatic rings. The van der Waals surface area contributed by atoms with Gasteiger partial charge in [0.25, 0.3) is 0 Å². The second-order valence-electron chi connectivity index (χ2n) is 3.94. The van der Waals surface area contributed by atoms with Crippen molar-refractivity contribution >= 4 is 34.2 Å². The zero-order valence-corrected chi connectivity index (χ0v) is 10.0. The molecule has 88 valence electrons. The van der Waals surface area contributed by atoms with E-state index in [4.69, 9.17) is 0 Å². The van der Waals surface area contributed by atoms with Crippen LogP contribution in [0, 0.1) is 0 Å². The molecule has 1 aromatic heterocycles. The highest BCUT2D eigenvalue weighted by molar-refractivity contribution is 7.08. The number of rotatable bonds is 1. The summed E-state index contributed by atoms with van der Waals surface area (Å²) in [5, 5.41) is 13.7. The van der Waals surface area contributed by atoms with E-state index in [0.29, 0.717) is 11.1 Å². The molecule has 0 bridgehead atoms. The second kappa shape index (κ2) is 3.92. The molecule has 0 unspecified atom stereocenters. The van der Waals surface area contributed by atoms with E-state index in [1.807, 2.05) is 0 Å². The number of aliphatic hydroxyl groups excluding tert-OH is 1. The zero-order chi connectivity index (χ0) is 12.7. The second-order valence-corrected chi connectivity index (χ2v) is 4.72. The van der Waals surface area contributed by atoms with Crippen LogP contribution in [0.25, 0.3) is 11.3 Å². The number of Topliss-reactive ketones (excluding diaryl/α,β-unsaturated/α-hetero) is 2. The molecule has 3 nitrogen and oxygen atoms in total. The predicted molar refractivity (Wildman–Crippen MR) is 69.5 cm³/mol. The van der Waals surface area contributed by atoms with Crippen molar-refractivity contribution in [2.75, 3.05) is 0 Å². The molecule has 0 fully saturated rings. The van der Waals surface area contributed by atoms with E-state index in [1.54, 1.807) is 41.1 Å². The lowest BCUT2D eigenvalue weighted by Crippen LogP contribution is -2.22. The Balaban J connectivity index is 2.32. The Bertz CT molecular complexity index is 681. The molecule has 1 aromatic carbocycles. The summed E-state index contributed by atoms with van der Waals surface area (Å²) in [4.78, 5) is 24.0. The van der Waals surface area contributed by atoms with E-state index in [0.717, 1.165) is 0 Å². The van der Waals surface area contributed by atoms with Crippen LogP contribution in [0.1, 0.15) is 21.5 Å². The third-order valence-corrected chi connectivity index (χ3v) is 3.59. The molecular weight excluding hydrogens is 248 g/mol. The Hall–Kier alpha value is -2.20. The van der Waals surface area contributed by atoms with Gasteiger partial charge >= 0.3 is 0 Å². The topological polar surface area (TPSA) is 54.4 Å². The summed E-state index contributed by atoms with van der Waals surface area (Å²) in [5.41, 5.74) is 1.37.